The normalized spacial score (nSPS) is 13.4. The summed E-state index contributed by atoms with van der Waals surface area (Å²) in [6.07, 6.45) is 4.16. The number of carbonyl (C=O) groups is 1. The highest BCUT2D eigenvalue weighted by Crippen LogP contribution is 2.26. The summed E-state index contributed by atoms with van der Waals surface area (Å²) in [4.78, 5) is 37.7. The van der Waals surface area contributed by atoms with Crippen molar-refractivity contribution in [3.63, 3.8) is 0 Å². The minimum atomic E-state index is -0.205. The van der Waals surface area contributed by atoms with E-state index in [-0.39, 0.29) is 17.2 Å². The number of hydrogen-bond donors (Lipinski definition) is 1. The van der Waals surface area contributed by atoms with Gasteiger partial charge in [-0.25, -0.2) is 14.5 Å². The van der Waals surface area contributed by atoms with Crippen LogP contribution in [0.4, 0.5) is 11.4 Å². The molecule has 1 aliphatic rings. The van der Waals surface area contributed by atoms with Gasteiger partial charge in [-0.15, -0.1) is 0 Å². The molecule has 178 valence electrons. The Balaban J connectivity index is 1.37. The molecule has 0 saturated carbocycles. The topological polar surface area (TPSA) is 80.1 Å². The lowest BCUT2D eigenvalue weighted by Crippen LogP contribution is -2.23. The van der Waals surface area contributed by atoms with Gasteiger partial charge in [0.25, 0.3) is 5.56 Å². The second kappa shape index (κ2) is 9.92. The van der Waals surface area contributed by atoms with E-state index in [1.165, 1.54) is 34.9 Å². The minimum absolute atomic E-state index is 0.115. The molecule has 2 aromatic heterocycles. The number of aromatic nitrogens is 3. The van der Waals surface area contributed by atoms with Crippen molar-refractivity contribution >= 4 is 39.9 Å². The minimum Gasteiger partial charge on any atom is -0.372 e. The van der Waals surface area contributed by atoms with Crippen LogP contribution in [0.2, 0.25) is 0 Å². The SMILES string of the molecule is Cc1ccc(-n2c(SCC(=O)Nc3ccc(N4CCCC4)cc3C)nc3ccccc3c2=O)nc1. The molecule has 8 heteroatoms. The lowest BCUT2D eigenvalue weighted by Gasteiger charge is -2.19. The van der Waals surface area contributed by atoms with Crippen LogP contribution in [0.15, 0.2) is 70.7 Å². The van der Waals surface area contributed by atoms with Crippen molar-refractivity contribution in [1.82, 2.24) is 14.5 Å². The quantitative estimate of drug-likeness (QED) is 0.314. The Bertz CT molecular complexity index is 1440. The standard InChI is InChI=1S/C27H27N5O2S/c1-18-9-12-24(28-16-18)32-26(34)21-7-3-4-8-23(21)30-27(32)35-17-25(33)29-22-11-10-20(15-19(22)2)31-13-5-6-14-31/h3-4,7-12,15-16H,5-6,13-14,17H2,1-2H3,(H,29,33). The molecule has 4 aromatic rings. The van der Waals surface area contributed by atoms with Crippen LogP contribution in [0.25, 0.3) is 16.7 Å². The molecular formula is C27H27N5O2S. The monoisotopic (exact) mass is 485 g/mol. The van der Waals surface area contributed by atoms with Gasteiger partial charge in [0.1, 0.15) is 5.82 Å². The maximum absolute atomic E-state index is 13.3. The largest absolute Gasteiger partial charge is 0.372 e. The third-order valence-electron chi connectivity index (χ3n) is 6.16. The molecule has 3 heterocycles. The molecule has 0 unspecified atom stereocenters. The molecule has 0 atom stereocenters. The first kappa shape index (κ1) is 23.1. The molecule has 1 amide bonds. The molecule has 0 bridgehead atoms. The molecule has 0 aliphatic carbocycles. The van der Waals surface area contributed by atoms with E-state index in [1.54, 1.807) is 24.4 Å². The van der Waals surface area contributed by atoms with Crippen LogP contribution in [-0.2, 0) is 4.79 Å². The highest BCUT2D eigenvalue weighted by Gasteiger charge is 2.17. The number of carbonyl (C=O) groups excluding carboxylic acids is 1. The summed E-state index contributed by atoms with van der Waals surface area (Å²) in [6, 6.07) is 17.1. The third kappa shape index (κ3) is 4.93. The molecule has 0 radical (unpaired) electrons. The van der Waals surface area contributed by atoms with Gasteiger partial charge in [0.2, 0.25) is 5.91 Å². The summed E-state index contributed by atoms with van der Waals surface area (Å²) >= 11 is 1.22. The van der Waals surface area contributed by atoms with Crippen molar-refractivity contribution in [2.24, 2.45) is 0 Å². The van der Waals surface area contributed by atoms with E-state index in [0.29, 0.717) is 21.9 Å². The maximum Gasteiger partial charge on any atom is 0.267 e. The van der Waals surface area contributed by atoms with Gasteiger partial charge in [0.05, 0.1) is 16.7 Å². The smallest absolute Gasteiger partial charge is 0.267 e. The number of rotatable bonds is 6. The van der Waals surface area contributed by atoms with E-state index in [4.69, 9.17) is 0 Å². The molecule has 1 saturated heterocycles. The number of pyridine rings is 1. The summed E-state index contributed by atoms with van der Waals surface area (Å²) in [6.45, 7) is 6.11. The Morgan fingerprint density at radius 3 is 2.60 bits per heavy atom. The van der Waals surface area contributed by atoms with Crippen molar-refractivity contribution in [1.29, 1.82) is 0 Å². The summed E-state index contributed by atoms with van der Waals surface area (Å²) in [5.41, 5.74) is 4.40. The Morgan fingerprint density at radius 1 is 1.06 bits per heavy atom. The van der Waals surface area contributed by atoms with E-state index >= 15 is 0 Å². The van der Waals surface area contributed by atoms with Gasteiger partial charge in [-0.05, 0) is 74.2 Å². The average Bonchev–Trinajstić information content (AvgIpc) is 3.40. The Labute approximate surface area is 208 Å². The van der Waals surface area contributed by atoms with E-state index in [2.05, 4.69) is 32.3 Å². The number of anilines is 2. The van der Waals surface area contributed by atoms with Crippen molar-refractivity contribution in [2.75, 3.05) is 29.1 Å². The lowest BCUT2D eigenvalue weighted by atomic mass is 10.1. The predicted octanol–water partition coefficient (Wildman–Crippen LogP) is 4.73. The number of amides is 1. The van der Waals surface area contributed by atoms with Crippen LogP contribution in [0, 0.1) is 13.8 Å². The first-order valence-electron chi connectivity index (χ1n) is 11.7. The molecule has 0 spiro atoms. The highest BCUT2D eigenvalue weighted by molar-refractivity contribution is 7.99. The Hall–Kier alpha value is -3.65. The number of para-hydroxylation sites is 1. The zero-order valence-corrected chi connectivity index (χ0v) is 20.6. The van der Waals surface area contributed by atoms with Crippen molar-refractivity contribution in [3.05, 3.63) is 82.3 Å². The predicted molar refractivity (Wildman–Crippen MR) is 142 cm³/mol. The fourth-order valence-electron chi connectivity index (χ4n) is 4.28. The summed E-state index contributed by atoms with van der Waals surface area (Å²) < 4.78 is 1.48. The van der Waals surface area contributed by atoms with Crippen LogP contribution in [0.5, 0.6) is 0 Å². The van der Waals surface area contributed by atoms with Gasteiger partial charge < -0.3 is 10.2 Å². The molecule has 5 rings (SSSR count). The average molecular weight is 486 g/mol. The van der Waals surface area contributed by atoms with Gasteiger partial charge in [0, 0.05) is 30.7 Å². The first-order chi connectivity index (χ1) is 17.0. The van der Waals surface area contributed by atoms with Crippen molar-refractivity contribution < 1.29 is 4.79 Å². The van der Waals surface area contributed by atoms with Crippen LogP contribution in [0.3, 0.4) is 0 Å². The van der Waals surface area contributed by atoms with E-state index in [9.17, 15) is 9.59 Å². The van der Waals surface area contributed by atoms with Crippen molar-refractivity contribution in [3.8, 4) is 5.82 Å². The number of nitrogens with one attached hydrogen (secondary N) is 1. The molecule has 7 nitrogen and oxygen atoms in total. The van der Waals surface area contributed by atoms with Crippen LogP contribution in [-0.4, -0.2) is 39.3 Å². The number of benzene rings is 2. The summed E-state index contributed by atoms with van der Waals surface area (Å²) in [5.74, 6) is 0.442. The van der Waals surface area contributed by atoms with Gasteiger partial charge in [-0.2, -0.15) is 0 Å². The molecule has 1 aliphatic heterocycles. The zero-order chi connectivity index (χ0) is 24.4. The number of aryl methyl sites for hydroxylation is 2. The van der Waals surface area contributed by atoms with Crippen LogP contribution in [0.1, 0.15) is 24.0 Å². The van der Waals surface area contributed by atoms with E-state index in [1.807, 2.05) is 38.1 Å². The fourth-order valence-corrected chi connectivity index (χ4v) is 5.08. The second-order valence-electron chi connectivity index (χ2n) is 8.78. The first-order valence-corrected chi connectivity index (χ1v) is 12.7. The van der Waals surface area contributed by atoms with Gasteiger partial charge in [-0.3, -0.25) is 9.59 Å². The lowest BCUT2D eigenvalue weighted by molar-refractivity contribution is -0.113. The molecule has 1 N–H and O–H groups in total. The van der Waals surface area contributed by atoms with Gasteiger partial charge in [0.15, 0.2) is 5.16 Å². The van der Waals surface area contributed by atoms with Crippen LogP contribution < -0.4 is 15.8 Å². The van der Waals surface area contributed by atoms with Gasteiger partial charge in [-0.1, -0.05) is 30.0 Å². The van der Waals surface area contributed by atoms with Gasteiger partial charge >= 0.3 is 0 Å². The van der Waals surface area contributed by atoms with E-state index in [0.717, 1.165) is 29.9 Å². The number of nitrogens with zero attached hydrogens (tertiary/aromatic N) is 4. The summed E-state index contributed by atoms with van der Waals surface area (Å²) in [5, 5.41) is 3.95. The Morgan fingerprint density at radius 2 is 1.86 bits per heavy atom. The zero-order valence-electron chi connectivity index (χ0n) is 19.8. The van der Waals surface area contributed by atoms with E-state index < -0.39 is 0 Å². The number of thioether (sulfide) groups is 1. The molecule has 1 fully saturated rings. The summed E-state index contributed by atoms with van der Waals surface area (Å²) in [7, 11) is 0. The molecule has 35 heavy (non-hydrogen) atoms. The Kier molecular flexibility index (Phi) is 6.55. The maximum atomic E-state index is 13.3. The third-order valence-corrected chi connectivity index (χ3v) is 7.10. The van der Waals surface area contributed by atoms with Crippen molar-refractivity contribution in [2.45, 2.75) is 31.8 Å². The van der Waals surface area contributed by atoms with Crippen LogP contribution >= 0.6 is 11.8 Å². The fraction of sp³-hybridized carbons (Fsp3) is 0.259. The number of fused-ring (bicyclic) bond motifs is 1. The highest BCUT2D eigenvalue weighted by atomic mass is 32.2. The number of hydrogen-bond acceptors (Lipinski definition) is 6. The molecule has 2 aromatic carbocycles. The molecular weight excluding hydrogens is 458 g/mol. The second-order valence-corrected chi connectivity index (χ2v) is 9.72.